The molecule has 0 atom stereocenters. The van der Waals surface area contributed by atoms with Crippen molar-refractivity contribution in [3.05, 3.63) is 42.2 Å². The summed E-state index contributed by atoms with van der Waals surface area (Å²) >= 11 is 0. The molecule has 1 aliphatic rings. The second kappa shape index (κ2) is 6.43. The largest absolute Gasteiger partial charge is 0.424 e. The Balaban J connectivity index is 1.72. The Kier molecular flexibility index (Phi) is 4.18. The minimum atomic E-state index is -0.464. The Hall–Kier alpha value is -2.96. The number of aromatic nitrogens is 2. The van der Waals surface area contributed by atoms with Gasteiger partial charge in [0.05, 0.1) is 18.1 Å². The molecular formula is C16H16N4O3. The van der Waals surface area contributed by atoms with E-state index < -0.39 is 6.03 Å². The molecule has 3 rings (SSSR count). The normalized spacial score (nSPS) is 14.6. The molecule has 118 valence electrons. The highest BCUT2D eigenvalue weighted by Gasteiger charge is 2.24. The predicted octanol–water partition coefficient (Wildman–Crippen LogP) is 2.28. The van der Waals surface area contributed by atoms with Crippen molar-refractivity contribution in [3.8, 4) is 11.8 Å². The fraction of sp³-hybridized carbons (Fsp3) is 0.250. The SMILES string of the molecule is CCc1cccc(Oc2ncc(N3CCC(=O)NC3=O)cn2)c1. The number of imide groups is 1. The number of urea groups is 1. The summed E-state index contributed by atoms with van der Waals surface area (Å²) in [5.41, 5.74) is 1.68. The molecular weight excluding hydrogens is 296 g/mol. The first-order chi connectivity index (χ1) is 11.2. The summed E-state index contributed by atoms with van der Waals surface area (Å²) in [6, 6.07) is 7.44. The number of hydrogen-bond acceptors (Lipinski definition) is 5. The van der Waals surface area contributed by atoms with Gasteiger partial charge in [-0.25, -0.2) is 14.8 Å². The van der Waals surface area contributed by atoms with Crippen molar-refractivity contribution in [1.82, 2.24) is 15.3 Å². The number of anilines is 1. The molecule has 3 amide bonds. The van der Waals surface area contributed by atoms with E-state index in [4.69, 9.17) is 4.74 Å². The van der Waals surface area contributed by atoms with Gasteiger partial charge in [-0.15, -0.1) is 0 Å². The van der Waals surface area contributed by atoms with Crippen LogP contribution in [0.1, 0.15) is 18.9 Å². The summed E-state index contributed by atoms with van der Waals surface area (Å²) in [6.07, 6.45) is 4.18. The maximum absolute atomic E-state index is 11.8. The van der Waals surface area contributed by atoms with E-state index in [0.29, 0.717) is 18.0 Å². The van der Waals surface area contributed by atoms with Crippen LogP contribution in [0.3, 0.4) is 0 Å². The van der Waals surface area contributed by atoms with E-state index in [0.717, 1.165) is 12.0 Å². The maximum atomic E-state index is 11.8. The van der Waals surface area contributed by atoms with Crippen LogP contribution < -0.4 is 15.0 Å². The number of hydrogen-bond donors (Lipinski definition) is 1. The molecule has 1 aliphatic heterocycles. The van der Waals surface area contributed by atoms with E-state index in [9.17, 15) is 9.59 Å². The van der Waals surface area contributed by atoms with Crippen molar-refractivity contribution < 1.29 is 14.3 Å². The molecule has 1 aromatic carbocycles. The van der Waals surface area contributed by atoms with Gasteiger partial charge in [0.2, 0.25) is 5.91 Å². The number of nitrogens with zero attached hydrogens (tertiary/aromatic N) is 3. The standard InChI is InChI=1S/C16H16N4O3/c1-2-11-4-3-5-13(8-11)23-15-17-9-12(10-18-15)20-7-6-14(21)19-16(20)22/h3-5,8-10H,2,6-7H2,1H3,(H,19,21,22). The molecule has 0 radical (unpaired) electrons. The van der Waals surface area contributed by atoms with Crippen molar-refractivity contribution in [2.24, 2.45) is 0 Å². The zero-order valence-corrected chi connectivity index (χ0v) is 12.7. The Labute approximate surface area is 133 Å². The maximum Gasteiger partial charge on any atom is 0.328 e. The molecule has 0 unspecified atom stereocenters. The Bertz CT molecular complexity index is 730. The minimum absolute atomic E-state index is 0.204. The first-order valence-electron chi connectivity index (χ1n) is 7.36. The molecule has 0 bridgehead atoms. The fourth-order valence-corrected chi connectivity index (χ4v) is 2.25. The summed E-state index contributed by atoms with van der Waals surface area (Å²) in [5, 5.41) is 2.26. The van der Waals surface area contributed by atoms with Gasteiger partial charge in [0.1, 0.15) is 5.75 Å². The Morgan fingerprint density at radius 2 is 2.04 bits per heavy atom. The summed E-state index contributed by atoms with van der Waals surface area (Å²) < 4.78 is 5.61. The highest BCUT2D eigenvalue weighted by Crippen LogP contribution is 2.21. The van der Waals surface area contributed by atoms with Crippen LogP contribution in [0.25, 0.3) is 0 Å². The highest BCUT2D eigenvalue weighted by molar-refractivity contribution is 6.05. The van der Waals surface area contributed by atoms with Crippen LogP contribution in [0.15, 0.2) is 36.7 Å². The average Bonchev–Trinajstić information content (AvgIpc) is 2.56. The predicted molar refractivity (Wildman–Crippen MR) is 83.4 cm³/mol. The molecule has 1 fully saturated rings. The number of carbonyl (C=O) groups is 2. The van der Waals surface area contributed by atoms with Crippen LogP contribution in [0.5, 0.6) is 11.8 Å². The van der Waals surface area contributed by atoms with Gasteiger partial charge in [0, 0.05) is 13.0 Å². The van der Waals surface area contributed by atoms with E-state index >= 15 is 0 Å². The molecule has 2 heterocycles. The molecule has 7 nitrogen and oxygen atoms in total. The molecule has 2 aromatic rings. The lowest BCUT2D eigenvalue weighted by Gasteiger charge is -2.25. The minimum Gasteiger partial charge on any atom is -0.424 e. The van der Waals surface area contributed by atoms with Crippen LogP contribution in [0, 0.1) is 0 Å². The van der Waals surface area contributed by atoms with Gasteiger partial charge in [-0.05, 0) is 24.1 Å². The van der Waals surface area contributed by atoms with Gasteiger partial charge in [-0.2, -0.15) is 0 Å². The van der Waals surface area contributed by atoms with Crippen molar-refractivity contribution >= 4 is 17.6 Å². The molecule has 23 heavy (non-hydrogen) atoms. The molecule has 0 saturated carbocycles. The summed E-state index contributed by atoms with van der Waals surface area (Å²) in [6.45, 7) is 2.38. The van der Waals surface area contributed by atoms with E-state index in [1.54, 1.807) is 0 Å². The third-order valence-corrected chi connectivity index (χ3v) is 3.50. The van der Waals surface area contributed by atoms with Crippen molar-refractivity contribution in [1.29, 1.82) is 0 Å². The van der Waals surface area contributed by atoms with Crippen LogP contribution in [0.4, 0.5) is 10.5 Å². The number of benzene rings is 1. The fourth-order valence-electron chi connectivity index (χ4n) is 2.25. The van der Waals surface area contributed by atoms with Gasteiger partial charge in [0.25, 0.3) is 0 Å². The molecule has 0 aliphatic carbocycles. The Morgan fingerprint density at radius 1 is 1.26 bits per heavy atom. The third-order valence-electron chi connectivity index (χ3n) is 3.50. The molecule has 1 aromatic heterocycles. The first kappa shape index (κ1) is 15.0. The van der Waals surface area contributed by atoms with Crippen LogP contribution in [0.2, 0.25) is 0 Å². The number of carbonyl (C=O) groups excluding carboxylic acids is 2. The van der Waals surface area contributed by atoms with Crippen LogP contribution in [-0.4, -0.2) is 28.5 Å². The number of nitrogens with one attached hydrogen (secondary N) is 1. The van der Waals surface area contributed by atoms with Crippen molar-refractivity contribution in [3.63, 3.8) is 0 Å². The molecule has 1 N–H and O–H groups in total. The average molecular weight is 312 g/mol. The number of aryl methyl sites for hydroxylation is 1. The quantitative estimate of drug-likeness (QED) is 0.936. The van der Waals surface area contributed by atoms with Crippen LogP contribution in [-0.2, 0) is 11.2 Å². The van der Waals surface area contributed by atoms with Gasteiger partial charge in [-0.3, -0.25) is 15.0 Å². The lowest BCUT2D eigenvalue weighted by molar-refractivity contribution is -0.120. The topological polar surface area (TPSA) is 84.4 Å². The van der Waals surface area contributed by atoms with Gasteiger partial charge < -0.3 is 4.74 Å². The van der Waals surface area contributed by atoms with Crippen LogP contribution >= 0.6 is 0 Å². The second-order valence-electron chi connectivity index (χ2n) is 5.08. The highest BCUT2D eigenvalue weighted by atomic mass is 16.5. The van der Waals surface area contributed by atoms with E-state index in [-0.39, 0.29) is 18.3 Å². The van der Waals surface area contributed by atoms with E-state index in [2.05, 4.69) is 22.2 Å². The number of rotatable bonds is 4. The zero-order valence-electron chi connectivity index (χ0n) is 12.7. The van der Waals surface area contributed by atoms with E-state index in [1.807, 2.05) is 24.3 Å². The summed E-state index contributed by atoms with van der Waals surface area (Å²) in [5.74, 6) is 0.390. The lowest BCUT2D eigenvalue weighted by Crippen LogP contribution is -2.49. The molecule has 7 heteroatoms. The Morgan fingerprint density at radius 3 is 2.74 bits per heavy atom. The second-order valence-corrected chi connectivity index (χ2v) is 5.08. The van der Waals surface area contributed by atoms with E-state index in [1.165, 1.54) is 17.3 Å². The monoisotopic (exact) mass is 312 g/mol. The first-order valence-corrected chi connectivity index (χ1v) is 7.36. The third kappa shape index (κ3) is 3.45. The van der Waals surface area contributed by atoms with Crippen molar-refractivity contribution in [2.45, 2.75) is 19.8 Å². The van der Waals surface area contributed by atoms with Gasteiger partial charge in [-0.1, -0.05) is 19.1 Å². The smallest absolute Gasteiger partial charge is 0.328 e. The lowest BCUT2D eigenvalue weighted by atomic mass is 10.2. The van der Waals surface area contributed by atoms with Gasteiger partial charge in [0.15, 0.2) is 0 Å². The molecule has 1 saturated heterocycles. The number of amides is 3. The zero-order chi connectivity index (χ0) is 16.2. The molecule has 0 spiro atoms. The summed E-state index contributed by atoms with van der Waals surface area (Å²) in [7, 11) is 0. The van der Waals surface area contributed by atoms with Gasteiger partial charge >= 0.3 is 12.0 Å². The number of ether oxygens (including phenoxy) is 1. The van der Waals surface area contributed by atoms with Crippen molar-refractivity contribution in [2.75, 3.05) is 11.4 Å². The summed E-state index contributed by atoms with van der Waals surface area (Å²) in [4.78, 5) is 32.6.